The fourth-order valence-electron chi connectivity index (χ4n) is 2.54. The first-order valence-electron chi connectivity index (χ1n) is 6.02. The van der Waals surface area contributed by atoms with Crippen molar-refractivity contribution in [3.05, 3.63) is 12.7 Å². The summed E-state index contributed by atoms with van der Waals surface area (Å²) in [7, 11) is 0. The Morgan fingerprint density at radius 1 is 1.32 bits per heavy atom. The smallest absolute Gasteiger partial charge is 0.165 e. The zero-order valence-electron chi connectivity index (χ0n) is 10.2. The molecule has 2 aromatic heterocycles. The van der Waals surface area contributed by atoms with Gasteiger partial charge in [0, 0.05) is 5.92 Å². The number of hydrogen-bond donors (Lipinski definition) is 3. The molecule has 0 radical (unpaired) electrons. The van der Waals surface area contributed by atoms with Crippen LogP contribution in [0.1, 0.15) is 6.04 Å². The summed E-state index contributed by atoms with van der Waals surface area (Å²) in [6.07, 6.45) is 2.63. The van der Waals surface area contributed by atoms with Gasteiger partial charge in [-0.2, -0.15) is 0 Å². The molecule has 3 atom stereocenters. The van der Waals surface area contributed by atoms with Gasteiger partial charge in [-0.1, -0.05) is 0 Å². The normalized spacial score (nSPS) is 27.2. The van der Waals surface area contributed by atoms with Crippen LogP contribution in [0.25, 0.3) is 11.2 Å². The number of nitrogens with zero attached hydrogens (tertiary/aromatic N) is 4. The van der Waals surface area contributed by atoms with Gasteiger partial charge in [0.2, 0.25) is 0 Å². The van der Waals surface area contributed by atoms with Crippen molar-refractivity contribution in [1.82, 2.24) is 19.5 Å². The highest BCUT2D eigenvalue weighted by atomic mass is 16.5. The van der Waals surface area contributed by atoms with E-state index in [2.05, 4.69) is 15.0 Å². The average Bonchev–Trinajstić information content (AvgIpc) is 3.01. The fourth-order valence-corrected chi connectivity index (χ4v) is 2.54. The summed E-state index contributed by atoms with van der Waals surface area (Å²) >= 11 is 0. The first-order valence-corrected chi connectivity index (χ1v) is 6.02. The fraction of sp³-hybridized carbons (Fsp3) is 0.545. The minimum absolute atomic E-state index is 0.0733. The molecule has 19 heavy (non-hydrogen) atoms. The summed E-state index contributed by atoms with van der Waals surface area (Å²) in [5.74, 6) is 0.125. The summed E-state index contributed by atoms with van der Waals surface area (Å²) < 4.78 is 7.31. The van der Waals surface area contributed by atoms with Gasteiger partial charge in [0.25, 0.3) is 0 Å². The minimum atomic E-state index is -0.369. The molecule has 1 saturated heterocycles. The van der Waals surface area contributed by atoms with Crippen LogP contribution in [0.15, 0.2) is 12.7 Å². The van der Waals surface area contributed by atoms with Crippen LogP contribution in [0.3, 0.4) is 0 Å². The van der Waals surface area contributed by atoms with Crippen LogP contribution in [0.5, 0.6) is 0 Å². The zero-order chi connectivity index (χ0) is 13.4. The van der Waals surface area contributed by atoms with E-state index in [1.165, 1.54) is 6.33 Å². The molecule has 1 fully saturated rings. The van der Waals surface area contributed by atoms with Crippen molar-refractivity contribution in [2.75, 3.05) is 25.6 Å². The Labute approximate surface area is 108 Å². The molecule has 8 nitrogen and oxygen atoms in total. The molecule has 1 aliphatic rings. The van der Waals surface area contributed by atoms with Crippen LogP contribution in [-0.2, 0) is 4.74 Å². The van der Waals surface area contributed by atoms with Crippen LogP contribution in [-0.4, -0.2) is 55.7 Å². The van der Waals surface area contributed by atoms with Gasteiger partial charge in [-0.05, 0) is 0 Å². The number of anilines is 1. The number of rotatable bonds is 3. The van der Waals surface area contributed by atoms with Gasteiger partial charge in [-0.3, -0.25) is 0 Å². The molecule has 0 saturated carbocycles. The third kappa shape index (κ3) is 1.84. The monoisotopic (exact) mass is 265 g/mol. The highest BCUT2D eigenvalue weighted by molar-refractivity contribution is 5.81. The lowest BCUT2D eigenvalue weighted by Crippen LogP contribution is -2.28. The summed E-state index contributed by atoms with van der Waals surface area (Å²) in [5, 5.41) is 18.7. The maximum absolute atomic E-state index is 9.48. The second-order valence-electron chi connectivity index (χ2n) is 4.55. The summed E-state index contributed by atoms with van der Waals surface area (Å²) in [5.41, 5.74) is 6.88. The maximum Gasteiger partial charge on any atom is 0.165 e. The number of imidazole rings is 1. The van der Waals surface area contributed by atoms with Crippen molar-refractivity contribution < 1.29 is 14.9 Å². The SMILES string of the molecule is Nc1ncnc2c1ncn2[C@H]1CO[C@@H](CO)[C@H]1CO. The molecular formula is C11H15N5O3. The summed E-state index contributed by atoms with van der Waals surface area (Å²) in [6, 6.07) is -0.124. The molecule has 8 heteroatoms. The lowest BCUT2D eigenvalue weighted by Gasteiger charge is -2.20. The number of aromatic nitrogens is 4. The standard InChI is InChI=1S/C11H15N5O3/c12-10-9-11(14-4-13-10)16(5-15-9)7-3-19-8(2-18)6(7)1-17/h4-8,17-18H,1-3H2,(H2,12,13,14)/t6-,7-,8-/m0/s1. The van der Waals surface area contributed by atoms with E-state index in [9.17, 15) is 10.2 Å². The van der Waals surface area contributed by atoms with Gasteiger partial charge in [0.15, 0.2) is 11.5 Å². The van der Waals surface area contributed by atoms with E-state index in [1.54, 1.807) is 6.33 Å². The largest absolute Gasteiger partial charge is 0.396 e. The minimum Gasteiger partial charge on any atom is -0.396 e. The van der Waals surface area contributed by atoms with Crippen LogP contribution < -0.4 is 5.73 Å². The Kier molecular flexibility index (Phi) is 3.05. The maximum atomic E-state index is 9.48. The van der Waals surface area contributed by atoms with Crippen molar-refractivity contribution in [3.8, 4) is 0 Å². The number of fused-ring (bicyclic) bond motifs is 1. The highest BCUT2D eigenvalue weighted by Gasteiger charge is 2.38. The molecule has 0 aromatic carbocycles. The molecule has 0 amide bonds. The third-order valence-corrected chi connectivity index (χ3v) is 3.59. The lowest BCUT2D eigenvalue weighted by molar-refractivity contribution is 0.0268. The second kappa shape index (κ2) is 4.72. The third-order valence-electron chi connectivity index (χ3n) is 3.59. The van der Waals surface area contributed by atoms with Crippen molar-refractivity contribution in [2.24, 2.45) is 5.92 Å². The molecule has 2 aromatic rings. The summed E-state index contributed by atoms with van der Waals surface area (Å²) in [6.45, 7) is 0.202. The lowest BCUT2D eigenvalue weighted by atomic mass is 9.98. The van der Waals surface area contributed by atoms with Gasteiger partial charge < -0.3 is 25.3 Å². The van der Waals surface area contributed by atoms with Crippen LogP contribution in [0.2, 0.25) is 0 Å². The number of hydrogen-bond acceptors (Lipinski definition) is 7. The first-order chi connectivity index (χ1) is 9.26. The molecule has 3 rings (SSSR count). The van der Waals surface area contributed by atoms with Gasteiger partial charge in [-0.15, -0.1) is 0 Å². The van der Waals surface area contributed by atoms with Crippen LogP contribution in [0.4, 0.5) is 5.82 Å². The quantitative estimate of drug-likeness (QED) is 0.647. The molecule has 3 heterocycles. The Balaban J connectivity index is 2.03. The zero-order valence-corrected chi connectivity index (χ0v) is 10.2. The van der Waals surface area contributed by atoms with E-state index in [4.69, 9.17) is 10.5 Å². The van der Waals surface area contributed by atoms with Crippen molar-refractivity contribution >= 4 is 17.0 Å². The number of ether oxygens (including phenoxy) is 1. The molecule has 102 valence electrons. The number of aliphatic hydroxyl groups is 2. The molecule has 0 bridgehead atoms. The molecule has 1 aliphatic heterocycles. The first kappa shape index (κ1) is 12.3. The highest BCUT2D eigenvalue weighted by Crippen LogP contribution is 2.33. The topological polar surface area (TPSA) is 119 Å². The van der Waals surface area contributed by atoms with Crippen molar-refractivity contribution in [3.63, 3.8) is 0 Å². The van der Waals surface area contributed by atoms with Gasteiger partial charge in [0.05, 0.1) is 38.3 Å². The van der Waals surface area contributed by atoms with Crippen molar-refractivity contribution in [1.29, 1.82) is 0 Å². The Hall–Kier alpha value is -1.77. The average molecular weight is 265 g/mol. The Bertz CT molecular complexity index is 587. The second-order valence-corrected chi connectivity index (χ2v) is 4.55. The van der Waals surface area contributed by atoms with E-state index in [0.717, 1.165) is 0 Å². The van der Waals surface area contributed by atoms with Crippen LogP contribution in [0, 0.1) is 5.92 Å². The van der Waals surface area contributed by atoms with E-state index in [1.807, 2.05) is 4.57 Å². The molecule has 4 N–H and O–H groups in total. The molecule has 0 unspecified atom stereocenters. The van der Waals surface area contributed by atoms with E-state index < -0.39 is 0 Å². The van der Waals surface area contributed by atoms with E-state index >= 15 is 0 Å². The van der Waals surface area contributed by atoms with E-state index in [-0.39, 0.29) is 31.3 Å². The number of aliphatic hydroxyl groups excluding tert-OH is 2. The Morgan fingerprint density at radius 3 is 2.89 bits per heavy atom. The Morgan fingerprint density at radius 2 is 2.16 bits per heavy atom. The molecular weight excluding hydrogens is 250 g/mol. The van der Waals surface area contributed by atoms with Gasteiger partial charge >= 0.3 is 0 Å². The van der Waals surface area contributed by atoms with Gasteiger partial charge in [0.1, 0.15) is 11.8 Å². The van der Waals surface area contributed by atoms with Gasteiger partial charge in [-0.25, -0.2) is 15.0 Å². The predicted molar refractivity (Wildman–Crippen MR) is 66.2 cm³/mol. The summed E-state index contributed by atoms with van der Waals surface area (Å²) in [4.78, 5) is 12.3. The van der Waals surface area contributed by atoms with Crippen LogP contribution >= 0.6 is 0 Å². The molecule has 0 spiro atoms. The number of nitrogens with two attached hydrogens (primary N) is 1. The molecule has 0 aliphatic carbocycles. The number of nitrogen functional groups attached to an aromatic ring is 1. The van der Waals surface area contributed by atoms with E-state index in [0.29, 0.717) is 23.6 Å². The van der Waals surface area contributed by atoms with Crippen molar-refractivity contribution in [2.45, 2.75) is 12.1 Å². The predicted octanol–water partition coefficient (Wildman–Crippen LogP) is -1.05.